The van der Waals surface area contributed by atoms with Gasteiger partial charge < -0.3 is 0 Å². The highest BCUT2D eigenvalue weighted by Crippen LogP contribution is 2.30. The number of fused-ring (bicyclic) bond motifs is 1. The summed E-state index contributed by atoms with van der Waals surface area (Å²) in [6, 6.07) is 3.94. The smallest absolute Gasteiger partial charge is 0.0827 e. The van der Waals surface area contributed by atoms with Gasteiger partial charge in [0.2, 0.25) is 0 Å². The van der Waals surface area contributed by atoms with Gasteiger partial charge >= 0.3 is 0 Å². The van der Waals surface area contributed by atoms with E-state index in [-0.39, 0.29) is 0 Å². The normalized spacial score (nSPS) is 10.8. The van der Waals surface area contributed by atoms with Crippen molar-refractivity contribution in [2.75, 3.05) is 0 Å². The minimum absolute atomic E-state index is 0.810. The summed E-state index contributed by atoms with van der Waals surface area (Å²) in [4.78, 5) is 5.58. The summed E-state index contributed by atoms with van der Waals surface area (Å²) in [5.74, 6) is 0. The molecule has 1 nitrogen and oxygen atoms in total. The molecule has 0 unspecified atom stereocenters. The second-order valence-electron chi connectivity index (χ2n) is 2.57. The number of halogens is 1. The van der Waals surface area contributed by atoms with Crippen molar-refractivity contribution in [3.63, 3.8) is 0 Å². The zero-order valence-electron chi connectivity index (χ0n) is 6.67. The van der Waals surface area contributed by atoms with Gasteiger partial charge in [0, 0.05) is 11.1 Å². The number of aryl methyl sites for hydroxylation is 1. The molecule has 0 saturated carbocycles. The molecule has 12 heavy (non-hydrogen) atoms. The largest absolute Gasteiger partial charge is 0.255 e. The number of aromatic nitrogens is 1. The molecule has 0 amide bonds. The summed E-state index contributed by atoms with van der Waals surface area (Å²) in [5, 5.41) is 0.810. The van der Waals surface area contributed by atoms with Crippen molar-refractivity contribution in [2.45, 2.75) is 13.3 Å². The molecule has 0 atom stereocenters. The number of rotatable bonds is 1. The van der Waals surface area contributed by atoms with Gasteiger partial charge in [0.05, 0.1) is 15.2 Å². The summed E-state index contributed by atoms with van der Waals surface area (Å²) in [5.41, 5.74) is 1.02. The van der Waals surface area contributed by atoms with E-state index in [0.29, 0.717) is 0 Å². The van der Waals surface area contributed by atoms with Crippen LogP contribution in [0, 0.1) is 0 Å². The van der Waals surface area contributed by atoms with Crippen molar-refractivity contribution < 1.29 is 0 Å². The number of hydrogen-bond acceptors (Lipinski definition) is 2. The fourth-order valence-electron chi connectivity index (χ4n) is 1.13. The Labute approximate surface area is 80.0 Å². The maximum absolute atomic E-state index is 6.00. The Bertz CT molecular complexity index is 408. The van der Waals surface area contributed by atoms with Gasteiger partial charge in [0.1, 0.15) is 0 Å². The van der Waals surface area contributed by atoms with Crippen molar-refractivity contribution in [2.24, 2.45) is 0 Å². The minimum atomic E-state index is 0.810. The van der Waals surface area contributed by atoms with Crippen LogP contribution in [-0.2, 0) is 6.42 Å². The number of nitrogens with zero attached hydrogens (tertiary/aromatic N) is 1. The highest BCUT2D eigenvalue weighted by atomic mass is 35.5. The molecule has 2 heterocycles. The topological polar surface area (TPSA) is 12.9 Å². The van der Waals surface area contributed by atoms with E-state index in [9.17, 15) is 0 Å². The van der Waals surface area contributed by atoms with Gasteiger partial charge in [-0.05, 0) is 18.6 Å². The molecule has 0 saturated heterocycles. The second kappa shape index (κ2) is 3.04. The molecular formula is C9H8ClNS. The summed E-state index contributed by atoms with van der Waals surface area (Å²) in [6.07, 6.45) is 2.80. The van der Waals surface area contributed by atoms with Gasteiger partial charge in [0.25, 0.3) is 0 Å². The monoisotopic (exact) mass is 197 g/mol. The molecule has 0 aliphatic rings. The molecule has 0 aromatic carbocycles. The number of hydrogen-bond donors (Lipinski definition) is 0. The van der Waals surface area contributed by atoms with Crippen LogP contribution in [0.3, 0.4) is 0 Å². The van der Waals surface area contributed by atoms with E-state index in [0.717, 1.165) is 21.7 Å². The first kappa shape index (κ1) is 8.02. The summed E-state index contributed by atoms with van der Waals surface area (Å²) >= 11 is 7.73. The average Bonchev–Trinajstić information content (AvgIpc) is 2.49. The lowest BCUT2D eigenvalue weighted by Gasteiger charge is -1.88. The molecule has 2 aromatic rings. The highest BCUT2D eigenvalue weighted by Gasteiger charge is 2.03. The summed E-state index contributed by atoms with van der Waals surface area (Å²) in [6.45, 7) is 2.14. The molecule has 0 radical (unpaired) electrons. The van der Waals surface area contributed by atoms with Crippen molar-refractivity contribution in [3.8, 4) is 0 Å². The maximum atomic E-state index is 6.00. The van der Waals surface area contributed by atoms with Crippen molar-refractivity contribution >= 4 is 33.2 Å². The molecule has 0 aliphatic heterocycles. The number of thiophene rings is 1. The van der Waals surface area contributed by atoms with Gasteiger partial charge in [-0.15, -0.1) is 11.3 Å². The molecule has 2 rings (SSSR count). The van der Waals surface area contributed by atoms with Gasteiger partial charge in [-0.3, -0.25) is 4.98 Å². The lowest BCUT2D eigenvalue weighted by Crippen LogP contribution is -1.70. The standard InChI is InChI=1S/C9H8ClNS/c1-2-6-5-8-9(12-6)7(10)3-4-11-8/h3-5H,2H2,1H3. The Balaban J connectivity index is 2.74. The Morgan fingerprint density at radius 3 is 3.08 bits per heavy atom. The van der Waals surface area contributed by atoms with Crippen LogP contribution in [0.25, 0.3) is 10.2 Å². The van der Waals surface area contributed by atoms with Gasteiger partial charge in [-0.25, -0.2) is 0 Å². The lowest BCUT2D eigenvalue weighted by atomic mass is 10.3. The lowest BCUT2D eigenvalue weighted by molar-refractivity contribution is 1.19. The van der Waals surface area contributed by atoms with E-state index in [2.05, 4.69) is 18.0 Å². The van der Waals surface area contributed by atoms with Gasteiger partial charge in [0.15, 0.2) is 0 Å². The van der Waals surface area contributed by atoms with Crippen LogP contribution in [0.4, 0.5) is 0 Å². The van der Waals surface area contributed by atoms with E-state index in [4.69, 9.17) is 11.6 Å². The molecule has 0 aliphatic carbocycles. The maximum Gasteiger partial charge on any atom is 0.0827 e. The Morgan fingerprint density at radius 1 is 1.58 bits per heavy atom. The van der Waals surface area contributed by atoms with E-state index in [1.165, 1.54) is 4.88 Å². The third-order valence-corrected chi connectivity index (χ3v) is 3.49. The molecule has 0 spiro atoms. The van der Waals surface area contributed by atoms with Gasteiger partial charge in [-0.2, -0.15) is 0 Å². The van der Waals surface area contributed by atoms with Crippen molar-refractivity contribution in [3.05, 3.63) is 28.2 Å². The van der Waals surface area contributed by atoms with E-state index in [1.807, 2.05) is 6.07 Å². The SMILES string of the molecule is CCc1cc2nccc(Cl)c2s1. The third kappa shape index (κ3) is 1.21. The first-order valence-electron chi connectivity index (χ1n) is 3.84. The Hall–Kier alpha value is -0.600. The molecule has 3 heteroatoms. The zero-order valence-corrected chi connectivity index (χ0v) is 8.25. The van der Waals surface area contributed by atoms with Crippen LogP contribution in [0.15, 0.2) is 18.3 Å². The second-order valence-corrected chi connectivity index (χ2v) is 4.12. The molecule has 0 fully saturated rings. The first-order valence-corrected chi connectivity index (χ1v) is 5.03. The predicted octanol–water partition coefficient (Wildman–Crippen LogP) is 3.51. The van der Waals surface area contributed by atoms with Crippen LogP contribution >= 0.6 is 22.9 Å². The van der Waals surface area contributed by atoms with Crippen LogP contribution in [0.1, 0.15) is 11.8 Å². The van der Waals surface area contributed by atoms with E-state index in [1.54, 1.807) is 17.5 Å². The van der Waals surface area contributed by atoms with E-state index < -0.39 is 0 Å². The summed E-state index contributed by atoms with van der Waals surface area (Å²) in [7, 11) is 0. The Kier molecular flexibility index (Phi) is 2.03. The van der Waals surface area contributed by atoms with Crippen LogP contribution < -0.4 is 0 Å². The number of pyridine rings is 1. The van der Waals surface area contributed by atoms with E-state index >= 15 is 0 Å². The predicted molar refractivity (Wildman–Crippen MR) is 54.0 cm³/mol. The molecule has 0 N–H and O–H groups in total. The highest BCUT2D eigenvalue weighted by molar-refractivity contribution is 7.19. The summed E-state index contributed by atoms with van der Waals surface area (Å²) < 4.78 is 1.11. The third-order valence-electron chi connectivity index (χ3n) is 1.76. The quantitative estimate of drug-likeness (QED) is 0.682. The van der Waals surface area contributed by atoms with Crippen molar-refractivity contribution in [1.29, 1.82) is 0 Å². The molecular weight excluding hydrogens is 190 g/mol. The Morgan fingerprint density at radius 2 is 2.42 bits per heavy atom. The fourth-order valence-corrected chi connectivity index (χ4v) is 2.36. The van der Waals surface area contributed by atoms with Crippen LogP contribution in [0.5, 0.6) is 0 Å². The zero-order chi connectivity index (χ0) is 8.55. The molecule has 0 bridgehead atoms. The molecule has 62 valence electrons. The minimum Gasteiger partial charge on any atom is -0.255 e. The van der Waals surface area contributed by atoms with Crippen LogP contribution in [0.2, 0.25) is 5.02 Å². The fraction of sp³-hybridized carbons (Fsp3) is 0.222. The average molecular weight is 198 g/mol. The first-order chi connectivity index (χ1) is 5.81. The molecule has 2 aromatic heterocycles. The van der Waals surface area contributed by atoms with Crippen molar-refractivity contribution in [1.82, 2.24) is 4.98 Å². The van der Waals surface area contributed by atoms with Gasteiger partial charge in [-0.1, -0.05) is 18.5 Å². The van der Waals surface area contributed by atoms with Crippen LogP contribution in [-0.4, -0.2) is 4.98 Å².